The average molecular weight is 334 g/mol. The van der Waals surface area contributed by atoms with Crippen LogP contribution in [0, 0.1) is 0 Å². The van der Waals surface area contributed by atoms with E-state index in [1.807, 2.05) is 17.4 Å². The van der Waals surface area contributed by atoms with Crippen LogP contribution in [0.3, 0.4) is 0 Å². The maximum Gasteiger partial charge on any atom is 0.0995 e. The Morgan fingerprint density at radius 2 is 2.00 bits per heavy atom. The van der Waals surface area contributed by atoms with Gasteiger partial charge in [-0.1, -0.05) is 37.0 Å². The van der Waals surface area contributed by atoms with E-state index in [0.29, 0.717) is 0 Å². The fraction of sp³-hybridized carbons (Fsp3) is 0.429. The Morgan fingerprint density at radius 1 is 1.21 bits per heavy atom. The Hall–Kier alpha value is -0.0600. The summed E-state index contributed by atoms with van der Waals surface area (Å²) in [5.74, 6) is 0. The molecule has 0 fully saturated rings. The number of nitrogens with one attached hydrogen (secondary N) is 1. The molecule has 0 saturated heterocycles. The highest BCUT2D eigenvalue weighted by Crippen LogP contribution is 2.39. The molecule has 0 radical (unpaired) electrons. The monoisotopic (exact) mass is 333 g/mol. The van der Waals surface area contributed by atoms with Gasteiger partial charge < -0.3 is 5.32 Å². The molecule has 19 heavy (non-hydrogen) atoms. The normalized spacial score (nSPS) is 12.8. The second-order valence-corrected chi connectivity index (χ2v) is 7.81. The van der Waals surface area contributed by atoms with Crippen molar-refractivity contribution in [1.82, 2.24) is 5.32 Å². The molecule has 0 spiro atoms. The molecule has 0 amide bonds. The summed E-state index contributed by atoms with van der Waals surface area (Å²) in [4.78, 5) is 2.71. The summed E-state index contributed by atoms with van der Waals surface area (Å²) >= 11 is 15.7. The van der Waals surface area contributed by atoms with Gasteiger partial charge >= 0.3 is 0 Å². The third-order valence-corrected chi connectivity index (χ3v) is 5.72. The summed E-state index contributed by atoms with van der Waals surface area (Å²) in [6.45, 7) is 5.31. The highest BCUT2D eigenvalue weighted by atomic mass is 35.5. The van der Waals surface area contributed by atoms with E-state index in [-0.39, 0.29) is 6.04 Å². The Labute approximate surface area is 132 Å². The SMILES string of the molecule is CCCNC(c1ccc(CC)s1)c1cc(Cl)sc1Cl. The van der Waals surface area contributed by atoms with Gasteiger partial charge in [-0.3, -0.25) is 0 Å². The first-order valence-corrected chi connectivity index (χ1v) is 8.81. The van der Waals surface area contributed by atoms with E-state index in [1.165, 1.54) is 21.1 Å². The molecule has 0 bridgehead atoms. The molecule has 1 unspecified atom stereocenters. The van der Waals surface area contributed by atoms with E-state index >= 15 is 0 Å². The molecular weight excluding hydrogens is 317 g/mol. The molecule has 1 atom stereocenters. The van der Waals surface area contributed by atoms with Crippen molar-refractivity contribution in [3.8, 4) is 0 Å². The van der Waals surface area contributed by atoms with Gasteiger partial charge in [0.1, 0.15) is 0 Å². The number of thiophene rings is 2. The summed E-state index contributed by atoms with van der Waals surface area (Å²) in [5, 5.41) is 3.57. The van der Waals surface area contributed by atoms with Crippen LogP contribution in [0.2, 0.25) is 8.67 Å². The first-order valence-electron chi connectivity index (χ1n) is 6.42. The Kier molecular flexibility index (Phi) is 5.72. The van der Waals surface area contributed by atoms with E-state index in [2.05, 4.69) is 31.3 Å². The summed E-state index contributed by atoms with van der Waals surface area (Å²) in [7, 11) is 0. The third kappa shape index (κ3) is 3.73. The van der Waals surface area contributed by atoms with Crippen LogP contribution >= 0.6 is 45.9 Å². The maximum absolute atomic E-state index is 6.31. The van der Waals surface area contributed by atoms with Crippen LogP contribution in [0.15, 0.2) is 18.2 Å². The molecule has 0 aliphatic heterocycles. The molecule has 5 heteroatoms. The fourth-order valence-electron chi connectivity index (χ4n) is 1.94. The highest BCUT2D eigenvalue weighted by molar-refractivity contribution is 7.20. The van der Waals surface area contributed by atoms with Crippen molar-refractivity contribution >= 4 is 45.9 Å². The van der Waals surface area contributed by atoms with E-state index in [4.69, 9.17) is 23.2 Å². The standard InChI is InChI=1S/C14H17Cl2NS2/c1-3-7-17-13(10-8-12(15)19-14(10)16)11-6-5-9(4-2)18-11/h5-6,8,13,17H,3-4,7H2,1-2H3. The summed E-state index contributed by atoms with van der Waals surface area (Å²) in [6, 6.07) is 6.52. The second kappa shape index (κ2) is 7.09. The molecule has 1 N–H and O–H groups in total. The third-order valence-electron chi connectivity index (χ3n) is 2.91. The van der Waals surface area contributed by atoms with Gasteiger partial charge in [0.2, 0.25) is 0 Å². The largest absolute Gasteiger partial charge is 0.306 e. The van der Waals surface area contributed by atoms with Crippen molar-refractivity contribution in [3.05, 3.63) is 42.2 Å². The van der Waals surface area contributed by atoms with Gasteiger partial charge in [0.05, 0.1) is 14.7 Å². The summed E-state index contributed by atoms with van der Waals surface area (Å²) < 4.78 is 1.53. The topological polar surface area (TPSA) is 12.0 Å². The molecule has 0 aromatic carbocycles. The van der Waals surface area contributed by atoms with Gasteiger partial charge in [-0.25, -0.2) is 0 Å². The van der Waals surface area contributed by atoms with Gasteiger partial charge in [0.25, 0.3) is 0 Å². The number of rotatable bonds is 6. The van der Waals surface area contributed by atoms with Crippen LogP contribution in [0.4, 0.5) is 0 Å². The summed E-state index contributed by atoms with van der Waals surface area (Å²) in [6.07, 6.45) is 2.17. The molecular formula is C14H17Cl2NS2. The number of hydrogen-bond donors (Lipinski definition) is 1. The van der Waals surface area contributed by atoms with E-state index in [1.54, 1.807) is 0 Å². The quantitative estimate of drug-likeness (QED) is 0.707. The lowest BCUT2D eigenvalue weighted by Crippen LogP contribution is -2.22. The first kappa shape index (κ1) is 15.3. The minimum absolute atomic E-state index is 0.154. The van der Waals surface area contributed by atoms with Crippen LogP contribution in [-0.4, -0.2) is 6.54 Å². The van der Waals surface area contributed by atoms with Crippen LogP contribution in [-0.2, 0) is 6.42 Å². The van der Waals surface area contributed by atoms with Crippen LogP contribution in [0.1, 0.15) is 41.6 Å². The van der Waals surface area contributed by atoms with E-state index in [9.17, 15) is 0 Å². The molecule has 1 nitrogen and oxygen atoms in total. The number of hydrogen-bond acceptors (Lipinski definition) is 3. The lowest BCUT2D eigenvalue weighted by molar-refractivity contribution is 0.607. The zero-order valence-electron chi connectivity index (χ0n) is 11.0. The number of halogens is 2. The smallest absolute Gasteiger partial charge is 0.0995 e. The predicted molar refractivity (Wildman–Crippen MR) is 88.2 cm³/mol. The fourth-order valence-corrected chi connectivity index (χ4v) is 4.52. The molecule has 0 aliphatic rings. The number of aryl methyl sites for hydroxylation is 1. The van der Waals surface area contributed by atoms with Gasteiger partial charge in [0.15, 0.2) is 0 Å². The van der Waals surface area contributed by atoms with Crippen molar-refractivity contribution in [2.24, 2.45) is 0 Å². The average Bonchev–Trinajstić information content (AvgIpc) is 2.97. The second-order valence-electron chi connectivity index (χ2n) is 4.32. The Balaban J connectivity index is 2.32. The minimum Gasteiger partial charge on any atom is -0.306 e. The zero-order chi connectivity index (χ0) is 13.8. The van der Waals surface area contributed by atoms with Gasteiger partial charge in [-0.2, -0.15) is 0 Å². The van der Waals surface area contributed by atoms with Crippen LogP contribution in [0.5, 0.6) is 0 Å². The van der Waals surface area contributed by atoms with Crippen LogP contribution in [0.25, 0.3) is 0 Å². The molecule has 2 rings (SSSR count). The minimum atomic E-state index is 0.154. The van der Waals surface area contributed by atoms with E-state index < -0.39 is 0 Å². The van der Waals surface area contributed by atoms with Crippen molar-refractivity contribution in [2.75, 3.05) is 6.54 Å². The Morgan fingerprint density at radius 3 is 2.53 bits per heavy atom. The molecule has 2 heterocycles. The Bertz CT molecular complexity index is 533. The predicted octanol–water partition coefficient (Wildman–Crippen LogP) is 5.77. The first-order chi connectivity index (χ1) is 9.15. The molecule has 2 aromatic rings. The van der Waals surface area contributed by atoms with Crippen LogP contribution < -0.4 is 5.32 Å². The summed E-state index contributed by atoms with van der Waals surface area (Å²) in [5.41, 5.74) is 1.09. The van der Waals surface area contributed by atoms with Gasteiger partial charge in [-0.15, -0.1) is 22.7 Å². The van der Waals surface area contributed by atoms with Crippen molar-refractivity contribution in [2.45, 2.75) is 32.7 Å². The molecule has 104 valence electrons. The van der Waals surface area contributed by atoms with Crippen molar-refractivity contribution in [1.29, 1.82) is 0 Å². The lowest BCUT2D eigenvalue weighted by Gasteiger charge is -2.16. The lowest BCUT2D eigenvalue weighted by atomic mass is 10.1. The van der Waals surface area contributed by atoms with Crippen molar-refractivity contribution in [3.63, 3.8) is 0 Å². The highest BCUT2D eigenvalue weighted by Gasteiger charge is 2.20. The van der Waals surface area contributed by atoms with Crippen molar-refractivity contribution < 1.29 is 0 Å². The maximum atomic E-state index is 6.31. The van der Waals surface area contributed by atoms with E-state index in [0.717, 1.165) is 33.6 Å². The molecule has 0 aliphatic carbocycles. The van der Waals surface area contributed by atoms with Gasteiger partial charge in [-0.05, 0) is 37.6 Å². The molecule has 2 aromatic heterocycles. The molecule has 0 saturated carbocycles. The van der Waals surface area contributed by atoms with Gasteiger partial charge in [0, 0.05) is 15.3 Å². The zero-order valence-corrected chi connectivity index (χ0v) is 14.1.